The molecule has 0 aliphatic carbocycles. The fourth-order valence-electron chi connectivity index (χ4n) is 2.96. The average molecular weight is 379 g/mol. The first-order valence-electron chi connectivity index (χ1n) is 8.94. The van der Waals surface area contributed by atoms with Crippen LogP contribution in [0.4, 0.5) is 0 Å². The van der Waals surface area contributed by atoms with Crippen LogP contribution >= 0.6 is 0 Å². The smallest absolute Gasteiger partial charge is 0.149 e. The highest BCUT2D eigenvalue weighted by Gasteiger charge is 2.37. The number of ether oxygens (including phenoxy) is 3. The van der Waals surface area contributed by atoms with Crippen molar-refractivity contribution in [1.29, 1.82) is 0 Å². The molecule has 0 saturated heterocycles. The van der Waals surface area contributed by atoms with Crippen LogP contribution in [0, 0.1) is 0 Å². The van der Waals surface area contributed by atoms with Gasteiger partial charge in [-0.05, 0) is 16.7 Å². The third-order valence-corrected chi connectivity index (χ3v) is 4.39. The highest BCUT2D eigenvalue weighted by Crippen LogP contribution is 2.25. The summed E-state index contributed by atoms with van der Waals surface area (Å²) < 4.78 is 17.5. The number of benzene rings is 2. The molecule has 2 aromatic rings. The van der Waals surface area contributed by atoms with Gasteiger partial charge < -0.3 is 14.2 Å². The summed E-state index contributed by atoms with van der Waals surface area (Å²) in [4.78, 5) is 14.2. The van der Waals surface area contributed by atoms with E-state index in [1.165, 1.54) is 6.26 Å². The van der Waals surface area contributed by atoms with Crippen LogP contribution in [0.2, 0.25) is 0 Å². The zero-order chi connectivity index (χ0) is 19.6. The molecule has 1 heterocycles. The van der Waals surface area contributed by atoms with Crippen molar-refractivity contribution >= 4 is 6.29 Å². The Bertz CT molecular complexity index is 835. The van der Waals surface area contributed by atoms with Gasteiger partial charge in [-0.15, -0.1) is 0 Å². The standard InChI is InChI=1S/C21H21N3O4/c22-24-23-20-18(11-25)14-27-19(15-26-12-16-7-3-1-4-8-16)21(20)28-13-17-9-5-2-6-10-17/h1-11,14,19-21H,12-13,15H2/t19-,20+,21+/m1/s1. The minimum atomic E-state index is -0.773. The lowest BCUT2D eigenvalue weighted by Gasteiger charge is -2.34. The molecule has 0 N–H and O–H groups in total. The van der Waals surface area contributed by atoms with Crippen molar-refractivity contribution in [2.45, 2.75) is 31.5 Å². The minimum Gasteiger partial charge on any atom is -0.492 e. The number of rotatable bonds is 9. The summed E-state index contributed by atoms with van der Waals surface area (Å²) in [6.07, 6.45) is 0.800. The van der Waals surface area contributed by atoms with Crippen molar-refractivity contribution in [2.75, 3.05) is 6.61 Å². The molecule has 28 heavy (non-hydrogen) atoms. The summed E-state index contributed by atoms with van der Waals surface area (Å²) in [5.74, 6) is 0. The average Bonchev–Trinajstić information content (AvgIpc) is 2.75. The Hall–Kier alpha value is -3.12. The maximum Gasteiger partial charge on any atom is 0.149 e. The SMILES string of the molecule is [N-]=[N+]=N[C@H]1C(C=O)=CO[C@H](COCc2ccccc2)[C@@H]1OCc1ccccc1. The van der Waals surface area contributed by atoms with Gasteiger partial charge in [0.25, 0.3) is 0 Å². The molecule has 0 aromatic heterocycles. The third kappa shape index (κ3) is 5.20. The first-order chi connectivity index (χ1) is 13.8. The molecular weight excluding hydrogens is 358 g/mol. The van der Waals surface area contributed by atoms with Crippen molar-refractivity contribution < 1.29 is 19.0 Å². The summed E-state index contributed by atoms with van der Waals surface area (Å²) in [5, 5.41) is 3.77. The second kappa shape index (κ2) is 10.3. The van der Waals surface area contributed by atoms with E-state index in [1.54, 1.807) is 0 Å². The molecule has 3 atom stereocenters. The Morgan fingerprint density at radius 1 is 1.04 bits per heavy atom. The predicted molar refractivity (Wildman–Crippen MR) is 103 cm³/mol. The van der Waals surface area contributed by atoms with Crippen molar-refractivity contribution in [2.24, 2.45) is 5.11 Å². The zero-order valence-corrected chi connectivity index (χ0v) is 15.3. The lowest BCUT2D eigenvalue weighted by molar-refractivity contribution is -0.113. The third-order valence-electron chi connectivity index (χ3n) is 4.39. The maximum atomic E-state index is 11.4. The normalized spacial score (nSPS) is 21.1. The highest BCUT2D eigenvalue weighted by atomic mass is 16.6. The van der Waals surface area contributed by atoms with Gasteiger partial charge in [0, 0.05) is 10.5 Å². The number of carbonyl (C=O) groups is 1. The van der Waals surface area contributed by atoms with Gasteiger partial charge >= 0.3 is 0 Å². The lowest BCUT2D eigenvalue weighted by Crippen LogP contribution is -2.46. The van der Waals surface area contributed by atoms with E-state index in [9.17, 15) is 4.79 Å². The van der Waals surface area contributed by atoms with Gasteiger partial charge in [-0.3, -0.25) is 4.79 Å². The molecule has 0 saturated carbocycles. The summed E-state index contributed by atoms with van der Waals surface area (Å²) >= 11 is 0. The molecule has 1 aliphatic rings. The molecule has 144 valence electrons. The van der Waals surface area contributed by atoms with Gasteiger partial charge in [0.15, 0.2) is 0 Å². The zero-order valence-electron chi connectivity index (χ0n) is 15.3. The van der Waals surface area contributed by atoms with Crippen molar-refractivity contribution in [1.82, 2.24) is 0 Å². The second-order valence-electron chi connectivity index (χ2n) is 6.32. The number of aldehydes is 1. The molecule has 3 rings (SSSR count). The number of azide groups is 1. The summed E-state index contributed by atoms with van der Waals surface area (Å²) in [5.41, 5.74) is 11.2. The quantitative estimate of drug-likeness (QED) is 0.285. The van der Waals surface area contributed by atoms with Crippen LogP contribution in [0.15, 0.2) is 77.6 Å². The fraction of sp³-hybridized carbons (Fsp3) is 0.286. The second-order valence-corrected chi connectivity index (χ2v) is 6.32. The van der Waals surface area contributed by atoms with Crippen LogP contribution in [0.5, 0.6) is 0 Å². The first-order valence-corrected chi connectivity index (χ1v) is 8.94. The van der Waals surface area contributed by atoms with Crippen LogP contribution < -0.4 is 0 Å². The van der Waals surface area contributed by atoms with Gasteiger partial charge in [0.2, 0.25) is 0 Å². The van der Waals surface area contributed by atoms with Gasteiger partial charge in [-0.25, -0.2) is 0 Å². The minimum absolute atomic E-state index is 0.231. The first kappa shape index (κ1) is 19.6. The predicted octanol–water partition coefficient (Wildman–Crippen LogP) is 3.95. The molecule has 0 amide bonds. The van der Waals surface area contributed by atoms with Gasteiger partial charge in [0.05, 0.1) is 32.1 Å². The number of carbonyl (C=O) groups excluding carboxylic acids is 1. The monoisotopic (exact) mass is 379 g/mol. The van der Waals surface area contributed by atoms with E-state index in [0.717, 1.165) is 11.1 Å². The van der Waals surface area contributed by atoms with Crippen LogP contribution in [0.1, 0.15) is 11.1 Å². The maximum absolute atomic E-state index is 11.4. The molecule has 7 heteroatoms. The highest BCUT2D eigenvalue weighted by molar-refractivity contribution is 5.75. The molecule has 0 fully saturated rings. The fourth-order valence-corrected chi connectivity index (χ4v) is 2.96. The molecule has 0 unspecified atom stereocenters. The Balaban J connectivity index is 1.70. The summed E-state index contributed by atoms with van der Waals surface area (Å²) in [7, 11) is 0. The number of nitrogens with zero attached hydrogens (tertiary/aromatic N) is 3. The van der Waals surface area contributed by atoms with E-state index < -0.39 is 18.2 Å². The van der Waals surface area contributed by atoms with E-state index >= 15 is 0 Å². The largest absolute Gasteiger partial charge is 0.492 e. The van der Waals surface area contributed by atoms with Crippen LogP contribution in [-0.4, -0.2) is 31.1 Å². The van der Waals surface area contributed by atoms with Crippen LogP contribution in [0.25, 0.3) is 10.4 Å². The Kier molecular flexibility index (Phi) is 7.21. The van der Waals surface area contributed by atoms with Gasteiger partial charge in [-0.1, -0.05) is 65.8 Å². The molecule has 2 aromatic carbocycles. The van der Waals surface area contributed by atoms with Crippen LogP contribution in [0.3, 0.4) is 0 Å². The molecule has 0 spiro atoms. The summed E-state index contributed by atoms with van der Waals surface area (Å²) in [6.45, 7) is 0.949. The van der Waals surface area contributed by atoms with Gasteiger partial charge in [-0.2, -0.15) is 0 Å². The van der Waals surface area contributed by atoms with Crippen LogP contribution in [-0.2, 0) is 32.2 Å². The Morgan fingerprint density at radius 3 is 2.29 bits per heavy atom. The van der Waals surface area contributed by atoms with E-state index in [4.69, 9.17) is 19.7 Å². The summed E-state index contributed by atoms with van der Waals surface area (Å²) in [6, 6.07) is 18.6. The molecule has 7 nitrogen and oxygen atoms in total. The lowest BCUT2D eigenvalue weighted by atomic mass is 9.97. The molecule has 0 radical (unpaired) electrons. The molecule has 0 bridgehead atoms. The molecular formula is C21H21N3O4. The Morgan fingerprint density at radius 2 is 1.68 bits per heavy atom. The topological polar surface area (TPSA) is 93.5 Å². The van der Waals surface area contributed by atoms with Gasteiger partial charge in [0.1, 0.15) is 18.5 Å². The number of hydrogen-bond donors (Lipinski definition) is 0. The van der Waals surface area contributed by atoms with E-state index in [0.29, 0.717) is 19.5 Å². The molecule has 1 aliphatic heterocycles. The van der Waals surface area contributed by atoms with Crippen molar-refractivity contribution in [3.05, 3.63) is 94.1 Å². The van der Waals surface area contributed by atoms with Crippen molar-refractivity contribution in [3.8, 4) is 0 Å². The Labute approximate surface area is 163 Å². The van der Waals surface area contributed by atoms with E-state index in [1.807, 2.05) is 60.7 Å². The van der Waals surface area contributed by atoms with E-state index in [-0.39, 0.29) is 12.2 Å². The van der Waals surface area contributed by atoms with E-state index in [2.05, 4.69) is 10.0 Å². The van der Waals surface area contributed by atoms with Crippen molar-refractivity contribution in [3.63, 3.8) is 0 Å². The number of hydrogen-bond acceptors (Lipinski definition) is 5.